The number of carbonyl (C=O) groups is 2. The van der Waals surface area contributed by atoms with E-state index in [1.54, 1.807) is 12.4 Å². The number of benzene rings is 1. The Bertz CT molecular complexity index is 755. The van der Waals surface area contributed by atoms with Crippen LogP contribution in [0.4, 0.5) is 11.4 Å². The monoisotopic (exact) mass is 352 g/mol. The van der Waals surface area contributed by atoms with Crippen LogP contribution in [0.15, 0.2) is 48.8 Å². The van der Waals surface area contributed by atoms with Crippen LogP contribution >= 0.6 is 0 Å². The molecule has 1 fully saturated rings. The van der Waals surface area contributed by atoms with E-state index < -0.39 is 0 Å². The second-order valence-electron chi connectivity index (χ2n) is 6.56. The average molecular weight is 352 g/mol. The minimum absolute atomic E-state index is 0.0872. The zero-order chi connectivity index (χ0) is 18.4. The molecule has 0 unspecified atom stereocenters. The van der Waals surface area contributed by atoms with Crippen molar-refractivity contribution in [2.24, 2.45) is 0 Å². The zero-order valence-corrected chi connectivity index (χ0v) is 14.9. The molecule has 0 aliphatic carbocycles. The molecule has 0 spiro atoms. The number of anilines is 2. The Balaban J connectivity index is 1.53. The topological polar surface area (TPSA) is 74.3 Å². The highest BCUT2D eigenvalue weighted by Gasteiger charge is 2.23. The van der Waals surface area contributed by atoms with Crippen LogP contribution in [0.5, 0.6) is 0 Å². The van der Waals surface area contributed by atoms with Crippen molar-refractivity contribution in [1.29, 1.82) is 0 Å². The lowest BCUT2D eigenvalue weighted by molar-refractivity contribution is -0.131. The summed E-state index contributed by atoms with van der Waals surface area (Å²) in [4.78, 5) is 29.7. The second-order valence-corrected chi connectivity index (χ2v) is 6.56. The smallest absolute Gasteiger partial charge is 0.226 e. The maximum atomic E-state index is 12.4. The molecule has 26 heavy (non-hydrogen) atoms. The summed E-state index contributed by atoms with van der Waals surface area (Å²) >= 11 is 0. The van der Waals surface area contributed by atoms with E-state index in [0.29, 0.717) is 6.42 Å². The van der Waals surface area contributed by atoms with E-state index in [0.717, 1.165) is 42.9 Å². The van der Waals surface area contributed by atoms with E-state index in [9.17, 15) is 9.59 Å². The van der Waals surface area contributed by atoms with Gasteiger partial charge in [-0.05, 0) is 42.7 Å². The average Bonchev–Trinajstić information content (AvgIpc) is 2.64. The molecule has 0 saturated carbocycles. The summed E-state index contributed by atoms with van der Waals surface area (Å²) in [5.74, 6) is 0.0732. The number of amides is 2. The molecule has 2 aromatic rings. The Hall–Kier alpha value is -2.89. The van der Waals surface area contributed by atoms with E-state index in [1.165, 1.54) is 6.92 Å². The molecular formula is C20H24N4O2. The first-order chi connectivity index (χ1) is 12.6. The Morgan fingerprint density at radius 1 is 1.08 bits per heavy atom. The van der Waals surface area contributed by atoms with E-state index in [2.05, 4.69) is 15.6 Å². The van der Waals surface area contributed by atoms with Gasteiger partial charge in [-0.15, -0.1) is 0 Å². The molecule has 1 aliphatic rings. The van der Waals surface area contributed by atoms with Gasteiger partial charge >= 0.3 is 0 Å². The van der Waals surface area contributed by atoms with Crippen LogP contribution in [0.2, 0.25) is 0 Å². The third kappa shape index (κ3) is 4.81. The normalized spacial score (nSPS) is 14.7. The number of hydrogen-bond acceptors (Lipinski definition) is 4. The van der Waals surface area contributed by atoms with Crippen molar-refractivity contribution in [2.75, 3.05) is 23.7 Å². The number of hydrogen-bond donors (Lipinski definition) is 2. The van der Waals surface area contributed by atoms with Gasteiger partial charge in [-0.2, -0.15) is 0 Å². The molecule has 0 atom stereocenters. The highest BCUT2D eigenvalue weighted by molar-refractivity contribution is 5.92. The first-order valence-electron chi connectivity index (χ1n) is 8.91. The van der Waals surface area contributed by atoms with E-state index in [4.69, 9.17) is 0 Å². The molecule has 6 nitrogen and oxygen atoms in total. The lowest BCUT2D eigenvalue weighted by Crippen LogP contribution is -2.43. The Morgan fingerprint density at radius 3 is 2.38 bits per heavy atom. The van der Waals surface area contributed by atoms with Crippen LogP contribution in [0.3, 0.4) is 0 Å². The van der Waals surface area contributed by atoms with Gasteiger partial charge in [0.15, 0.2) is 0 Å². The quantitative estimate of drug-likeness (QED) is 0.868. The fourth-order valence-corrected chi connectivity index (χ4v) is 3.19. The first-order valence-corrected chi connectivity index (χ1v) is 8.91. The number of carbonyl (C=O) groups excluding carboxylic acids is 2. The van der Waals surface area contributed by atoms with Gasteiger partial charge in [-0.1, -0.05) is 12.1 Å². The number of nitrogens with one attached hydrogen (secondary N) is 2. The molecule has 1 aromatic carbocycles. The molecule has 2 amide bonds. The van der Waals surface area contributed by atoms with Gasteiger partial charge < -0.3 is 15.5 Å². The molecule has 1 aromatic heterocycles. The summed E-state index contributed by atoms with van der Waals surface area (Å²) in [7, 11) is 0. The summed E-state index contributed by atoms with van der Waals surface area (Å²) in [6.45, 7) is 2.98. The lowest BCUT2D eigenvalue weighted by Gasteiger charge is -2.33. The third-order valence-corrected chi connectivity index (χ3v) is 4.55. The van der Waals surface area contributed by atoms with E-state index in [1.807, 2.05) is 41.3 Å². The van der Waals surface area contributed by atoms with Crippen molar-refractivity contribution in [3.8, 4) is 0 Å². The Kier molecular flexibility index (Phi) is 5.84. The Morgan fingerprint density at radius 2 is 1.73 bits per heavy atom. The standard InChI is InChI=1S/C20H24N4O2/c1-15(25)22-18-4-2-3-5-19(18)23-17-8-12-24(13-9-17)20(26)14-16-6-10-21-11-7-16/h2-7,10-11,17,23H,8-9,12-14H2,1H3,(H,22,25). The van der Waals surface area contributed by atoms with Crippen molar-refractivity contribution in [3.63, 3.8) is 0 Å². The van der Waals surface area contributed by atoms with Crippen LogP contribution in [-0.2, 0) is 16.0 Å². The first kappa shape index (κ1) is 17.9. The summed E-state index contributed by atoms with van der Waals surface area (Å²) in [5, 5.41) is 6.35. The number of aromatic nitrogens is 1. The maximum absolute atomic E-state index is 12.4. The van der Waals surface area contributed by atoms with Gasteiger partial charge in [0.2, 0.25) is 11.8 Å². The maximum Gasteiger partial charge on any atom is 0.226 e. The fraction of sp³-hybridized carbons (Fsp3) is 0.350. The predicted octanol–water partition coefficient (Wildman–Crippen LogP) is 2.69. The van der Waals surface area contributed by atoms with E-state index in [-0.39, 0.29) is 17.9 Å². The minimum atomic E-state index is -0.0872. The van der Waals surface area contributed by atoms with Gasteiger partial charge in [0, 0.05) is 38.4 Å². The molecule has 2 N–H and O–H groups in total. The molecule has 1 saturated heterocycles. The summed E-state index contributed by atoms with van der Waals surface area (Å²) < 4.78 is 0. The number of pyridine rings is 1. The predicted molar refractivity (Wildman–Crippen MR) is 102 cm³/mol. The third-order valence-electron chi connectivity index (χ3n) is 4.55. The van der Waals surface area contributed by atoms with Crippen molar-refractivity contribution < 1.29 is 9.59 Å². The van der Waals surface area contributed by atoms with Crippen LogP contribution in [0.25, 0.3) is 0 Å². The molecule has 6 heteroatoms. The van der Waals surface area contributed by atoms with Gasteiger partial charge in [0.1, 0.15) is 0 Å². The van der Waals surface area contributed by atoms with Gasteiger partial charge in [0.05, 0.1) is 17.8 Å². The number of likely N-dealkylation sites (tertiary alicyclic amines) is 1. The second kappa shape index (κ2) is 8.47. The van der Waals surface area contributed by atoms with Crippen molar-refractivity contribution >= 4 is 23.2 Å². The van der Waals surface area contributed by atoms with Gasteiger partial charge in [0.25, 0.3) is 0 Å². The van der Waals surface area contributed by atoms with Crippen LogP contribution < -0.4 is 10.6 Å². The molecule has 2 heterocycles. The fourth-order valence-electron chi connectivity index (χ4n) is 3.19. The zero-order valence-electron chi connectivity index (χ0n) is 14.9. The number of rotatable bonds is 5. The number of para-hydroxylation sites is 2. The van der Waals surface area contributed by atoms with Crippen molar-refractivity contribution in [3.05, 3.63) is 54.4 Å². The molecule has 1 aliphatic heterocycles. The minimum Gasteiger partial charge on any atom is -0.380 e. The SMILES string of the molecule is CC(=O)Nc1ccccc1NC1CCN(C(=O)Cc2ccncc2)CC1. The van der Waals surface area contributed by atoms with E-state index >= 15 is 0 Å². The lowest BCUT2D eigenvalue weighted by atomic mass is 10.0. The molecule has 0 radical (unpaired) electrons. The van der Waals surface area contributed by atoms with Gasteiger partial charge in [-0.3, -0.25) is 14.6 Å². The largest absolute Gasteiger partial charge is 0.380 e. The van der Waals surface area contributed by atoms with Crippen molar-refractivity contribution in [1.82, 2.24) is 9.88 Å². The van der Waals surface area contributed by atoms with Crippen LogP contribution in [0, 0.1) is 0 Å². The van der Waals surface area contributed by atoms with Crippen LogP contribution in [-0.4, -0.2) is 40.8 Å². The molecule has 136 valence electrons. The number of piperidine rings is 1. The highest BCUT2D eigenvalue weighted by atomic mass is 16.2. The summed E-state index contributed by atoms with van der Waals surface area (Å²) in [6.07, 6.45) is 5.62. The van der Waals surface area contributed by atoms with Crippen LogP contribution in [0.1, 0.15) is 25.3 Å². The molecule has 3 rings (SSSR count). The summed E-state index contributed by atoms with van der Waals surface area (Å²) in [6, 6.07) is 11.7. The Labute approximate surface area is 153 Å². The highest BCUT2D eigenvalue weighted by Crippen LogP contribution is 2.24. The van der Waals surface area contributed by atoms with Crippen molar-refractivity contribution in [2.45, 2.75) is 32.2 Å². The molecular weight excluding hydrogens is 328 g/mol. The summed E-state index contributed by atoms with van der Waals surface area (Å²) in [5.41, 5.74) is 2.70. The van der Waals surface area contributed by atoms with Gasteiger partial charge in [-0.25, -0.2) is 0 Å². The molecule has 0 bridgehead atoms. The number of nitrogens with zero attached hydrogens (tertiary/aromatic N) is 2.